The Morgan fingerprint density at radius 2 is 1.87 bits per heavy atom. The molecule has 1 heterocycles. The highest BCUT2D eigenvalue weighted by Gasteiger charge is 2.05. The highest BCUT2D eigenvalue weighted by molar-refractivity contribution is 7.99. The van der Waals surface area contributed by atoms with E-state index in [0.29, 0.717) is 17.9 Å². The zero-order chi connectivity index (χ0) is 16.1. The van der Waals surface area contributed by atoms with E-state index in [9.17, 15) is 9.18 Å². The lowest BCUT2D eigenvalue weighted by Gasteiger charge is -2.07. The number of carbonyl (C=O) groups excluding carboxylic acids is 1. The van der Waals surface area contributed by atoms with Crippen molar-refractivity contribution >= 4 is 34.3 Å². The first kappa shape index (κ1) is 15.5. The Balaban J connectivity index is 1.56. The molecule has 116 valence electrons. The summed E-state index contributed by atoms with van der Waals surface area (Å²) in [5.41, 5.74) is 1.56. The highest BCUT2D eigenvalue weighted by Crippen LogP contribution is 2.26. The van der Waals surface area contributed by atoms with Gasteiger partial charge in [0, 0.05) is 34.3 Å². The van der Waals surface area contributed by atoms with Gasteiger partial charge in [0.2, 0.25) is 5.91 Å². The van der Waals surface area contributed by atoms with Crippen LogP contribution in [0.2, 0.25) is 0 Å². The van der Waals surface area contributed by atoms with Crippen molar-refractivity contribution < 1.29 is 9.18 Å². The molecule has 0 aliphatic heterocycles. The molecule has 3 aromatic rings. The van der Waals surface area contributed by atoms with Gasteiger partial charge in [-0.15, -0.1) is 11.8 Å². The molecular formula is C18H15FN2OS. The number of thioether (sulfide) groups is 1. The second-order valence-electron chi connectivity index (χ2n) is 4.98. The van der Waals surface area contributed by atoms with Crippen LogP contribution in [0.1, 0.15) is 6.42 Å². The maximum Gasteiger partial charge on any atom is 0.225 e. The number of nitrogens with one attached hydrogen (secondary N) is 1. The van der Waals surface area contributed by atoms with Gasteiger partial charge in [-0.25, -0.2) is 4.39 Å². The lowest BCUT2D eigenvalue weighted by Crippen LogP contribution is -2.12. The minimum Gasteiger partial charge on any atom is -0.326 e. The lowest BCUT2D eigenvalue weighted by atomic mass is 10.2. The summed E-state index contributed by atoms with van der Waals surface area (Å²) in [6.07, 6.45) is 2.17. The van der Waals surface area contributed by atoms with E-state index in [0.717, 1.165) is 15.8 Å². The zero-order valence-corrected chi connectivity index (χ0v) is 13.1. The predicted octanol–water partition coefficient (Wildman–Crippen LogP) is 4.49. The summed E-state index contributed by atoms with van der Waals surface area (Å²) in [6, 6.07) is 15.7. The molecule has 0 aliphatic rings. The standard InChI is InChI=1S/C18H15FN2OS/c19-13-5-7-14(8-6-13)21-18(22)10-12-23-17-9-11-20-16-4-2-1-3-15(16)17/h1-9,11H,10,12H2,(H,21,22). The zero-order valence-electron chi connectivity index (χ0n) is 12.3. The van der Waals surface area contributed by atoms with Gasteiger partial charge in [0.1, 0.15) is 5.82 Å². The van der Waals surface area contributed by atoms with Crippen molar-refractivity contribution in [2.75, 3.05) is 11.1 Å². The van der Waals surface area contributed by atoms with Gasteiger partial charge in [-0.1, -0.05) is 18.2 Å². The number of pyridine rings is 1. The maximum absolute atomic E-state index is 12.8. The molecule has 3 nitrogen and oxygen atoms in total. The molecule has 0 saturated carbocycles. The summed E-state index contributed by atoms with van der Waals surface area (Å²) in [5.74, 6) is 0.270. The van der Waals surface area contributed by atoms with Crippen LogP contribution in [0.15, 0.2) is 65.7 Å². The van der Waals surface area contributed by atoms with Crippen molar-refractivity contribution in [3.05, 3.63) is 66.6 Å². The van der Waals surface area contributed by atoms with E-state index in [1.807, 2.05) is 30.3 Å². The Morgan fingerprint density at radius 1 is 1.09 bits per heavy atom. The molecule has 1 aromatic heterocycles. The summed E-state index contributed by atoms with van der Waals surface area (Å²) >= 11 is 1.63. The van der Waals surface area contributed by atoms with Crippen LogP contribution >= 0.6 is 11.8 Å². The third-order valence-corrected chi connectivity index (χ3v) is 4.40. The molecular weight excluding hydrogens is 311 g/mol. The molecule has 0 atom stereocenters. The minimum absolute atomic E-state index is 0.0810. The number of nitrogens with zero attached hydrogens (tertiary/aromatic N) is 1. The molecule has 5 heteroatoms. The van der Waals surface area contributed by atoms with E-state index in [2.05, 4.69) is 10.3 Å². The van der Waals surface area contributed by atoms with Crippen LogP contribution in [-0.2, 0) is 4.79 Å². The Morgan fingerprint density at radius 3 is 2.70 bits per heavy atom. The predicted molar refractivity (Wildman–Crippen MR) is 92.1 cm³/mol. The number of carbonyl (C=O) groups is 1. The second kappa shape index (κ2) is 7.24. The van der Waals surface area contributed by atoms with Gasteiger partial charge in [0.15, 0.2) is 0 Å². The lowest BCUT2D eigenvalue weighted by molar-refractivity contribution is -0.115. The quantitative estimate of drug-likeness (QED) is 0.702. The smallest absolute Gasteiger partial charge is 0.225 e. The Hall–Kier alpha value is -2.40. The van der Waals surface area contributed by atoms with Crippen LogP contribution in [0.4, 0.5) is 10.1 Å². The number of para-hydroxylation sites is 1. The average Bonchev–Trinajstić information content (AvgIpc) is 2.57. The van der Waals surface area contributed by atoms with Crippen LogP contribution in [0.5, 0.6) is 0 Å². The highest BCUT2D eigenvalue weighted by atomic mass is 32.2. The molecule has 0 spiro atoms. The number of hydrogen-bond acceptors (Lipinski definition) is 3. The van der Waals surface area contributed by atoms with Gasteiger partial charge in [-0.05, 0) is 36.4 Å². The number of halogens is 1. The Bertz CT molecular complexity index is 815. The Kier molecular flexibility index (Phi) is 4.88. The number of benzene rings is 2. The maximum atomic E-state index is 12.8. The Labute approximate surface area is 137 Å². The van der Waals surface area contributed by atoms with Crippen LogP contribution in [0.25, 0.3) is 10.9 Å². The number of amides is 1. The fraction of sp³-hybridized carbons (Fsp3) is 0.111. The summed E-state index contributed by atoms with van der Waals surface area (Å²) < 4.78 is 12.8. The second-order valence-corrected chi connectivity index (χ2v) is 6.12. The summed E-state index contributed by atoms with van der Waals surface area (Å²) in [7, 11) is 0. The van der Waals surface area contributed by atoms with Crippen molar-refractivity contribution in [1.29, 1.82) is 0 Å². The van der Waals surface area contributed by atoms with E-state index in [1.165, 1.54) is 12.1 Å². The number of anilines is 1. The number of hydrogen-bond donors (Lipinski definition) is 1. The molecule has 0 unspecified atom stereocenters. The van der Waals surface area contributed by atoms with Gasteiger partial charge in [0.25, 0.3) is 0 Å². The van der Waals surface area contributed by atoms with Gasteiger partial charge in [-0.3, -0.25) is 9.78 Å². The van der Waals surface area contributed by atoms with Gasteiger partial charge < -0.3 is 5.32 Å². The largest absolute Gasteiger partial charge is 0.326 e. The van der Waals surface area contributed by atoms with Crippen molar-refractivity contribution in [3.63, 3.8) is 0 Å². The third kappa shape index (κ3) is 4.07. The fourth-order valence-electron chi connectivity index (χ4n) is 2.21. The third-order valence-electron chi connectivity index (χ3n) is 3.32. The van der Waals surface area contributed by atoms with Gasteiger partial charge >= 0.3 is 0 Å². The number of aromatic nitrogens is 1. The van der Waals surface area contributed by atoms with Crippen LogP contribution in [0.3, 0.4) is 0 Å². The van der Waals surface area contributed by atoms with Crippen LogP contribution < -0.4 is 5.32 Å². The number of rotatable bonds is 5. The molecule has 0 fully saturated rings. The molecule has 2 aromatic carbocycles. The van der Waals surface area contributed by atoms with E-state index in [4.69, 9.17) is 0 Å². The average molecular weight is 326 g/mol. The first-order valence-electron chi connectivity index (χ1n) is 7.24. The van der Waals surface area contributed by atoms with E-state index >= 15 is 0 Å². The fourth-order valence-corrected chi connectivity index (χ4v) is 3.20. The van der Waals surface area contributed by atoms with Gasteiger partial charge in [-0.2, -0.15) is 0 Å². The molecule has 3 rings (SSSR count). The SMILES string of the molecule is O=C(CCSc1ccnc2ccccc12)Nc1ccc(F)cc1. The van der Waals surface area contributed by atoms with E-state index in [-0.39, 0.29) is 11.7 Å². The van der Waals surface area contributed by atoms with E-state index in [1.54, 1.807) is 30.1 Å². The summed E-state index contributed by atoms with van der Waals surface area (Å²) in [6.45, 7) is 0. The van der Waals surface area contributed by atoms with Crippen LogP contribution in [-0.4, -0.2) is 16.6 Å². The van der Waals surface area contributed by atoms with Crippen molar-refractivity contribution in [3.8, 4) is 0 Å². The van der Waals surface area contributed by atoms with Crippen molar-refractivity contribution in [1.82, 2.24) is 4.98 Å². The molecule has 1 amide bonds. The first-order valence-corrected chi connectivity index (χ1v) is 8.23. The molecule has 0 aliphatic carbocycles. The summed E-state index contributed by atoms with van der Waals surface area (Å²) in [5, 5.41) is 3.86. The van der Waals surface area contributed by atoms with Gasteiger partial charge in [0.05, 0.1) is 5.52 Å². The van der Waals surface area contributed by atoms with Crippen LogP contribution in [0, 0.1) is 5.82 Å². The molecule has 0 saturated heterocycles. The minimum atomic E-state index is -0.317. The van der Waals surface area contributed by atoms with Crippen molar-refractivity contribution in [2.45, 2.75) is 11.3 Å². The molecule has 0 bridgehead atoms. The summed E-state index contributed by atoms with van der Waals surface area (Å²) in [4.78, 5) is 17.4. The normalized spacial score (nSPS) is 10.7. The van der Waals surface area contributed by atoms with Crippen molar-refractivity contribution in [2.24, 2.45) is 0 Å². The monoisotopic (exact) mass is 326 g/mol. The van der Waals surface area contributed by atoms with E-state index < -0.39 is 0 Å². The first-order chi connectivity index (χ1) is 11.2. The number of fused-ring (bicyclic) bond motifs is 1. The molecule has 23 heavy (non-hydrogen) atoms. The molecule has 1 N–H and O–H groups in total. The molecule has 0 radical (unpaired) electrons. The topological polar surface area (TPSA) is 42.0 Å².